The molecule has 0 unspecified atom stereocenters. The molecule has 3 saturated carbocycles. The third kappa shape index (κ3) is 0.966. The molecule has 3 aliphatic rings. The van der Waals surface area contributed by atoms with E-state index in [0.29, 0.717) is 16.6 Å². The Morgan fingerprint density at radius 3 is 2.62 bits per heavy atom. The quantitative estimate of drug-likeness (QED) is 0.604. The molecule has 1 heteroatoms. The highest BCUT2D eigenvalue weighted by Crippen LogP contribution is 2.75. The molecule has 0 saturated heterocycles. The number of hydrogen-bond acceptors (Lipinski definition) is 1. The third-order valence-corrected chi connectivity index (χ3v) is 6.57. The van der Waals surface area contributed by atoms with Crippen LogP contribution in [0.15, 0.2) is 0 Å². The van der Waals surface area contributed by atoms with Gasteiger partial charge in [0.15, 0.2) is 0 Å². The number of rotatable bonds is 0. The molecule has 0 radical (unpaired) electrons. The fraction of sp³-hybridized carbons (Fsp3) is 0.933. The molecule has 1 nitrogen and oxygen atoms in total. The Labute approximate surface area is 99.0 Å². The Morgan fingerprint density at radius 1 is 1.12 bits per heavy atom. The van der Waals surface area contributed by atoms with E-state index in [-0.39, 0.29) is 5.41 Å². The van der Waals surface area contributed by atoms with Crippen molar-refractivity contribution in [3.05, 3.63) is 0 Å². The SMILES string of the molecule is C[C@@H]1CC[C@]23CCC[C@@]12CC(=O)CC3(C)C. The van der Waals surface area contributed by atoms with Crippen LogP contribution >= 0.6 is 0 Å². The average molecular weight is 220 g/mol. The highest BCUT2D eigenvalue weighted by atomic mass is 16.1. The molecule has 0 amide bonds. The minimum absolute atomic E-state index is 0.254. The lowest BCUT2D eigenvalue weighted by molar-refractivity contribution is -0.144. The monoisotopic (exact) mass is 220 g/mol. The van der Waals surface area contributed by atoms with Crippen molar-refractivity contribution in [3.63, 3.8) is 0 Å². The maximum atomic E-state index is 12.1. The Kier molecular flexibility index (Phi) is 1.97. The molecule has 90 valence electrons. The summed E-state index contributed by atoms with van der Waals surface area (Å²) < 4.78 is 0. The molecule has 0 N–H and O–H groups in total. The van der Waals surface area contributed by atoms with Crippen LogP contribution in [0.3, 0.4) is 0 Å². The smallest absolute Gasteiger partial charge is 0.134 e. The van der Waals surface area contributed by atoms with Crippen molar-refractivity contribution in [2.75, 3.05) is 0 Å². The zero-order valence-electron chi connectivity index (χ0n) is 10.9. The fourth-order valence-corrected chi connectivity index (χ4v) is 5.88. The van der Waals surface area contributed by atoms with E-state index < -0.39 is 0 Å². The van der Waals surface area contributed by atoms with Gasteiger partial charge >= 0.3 is 0 Å². The van der Waals surface area contributed by atoms with Crippen molar-refractivity contribution in [2.45, 2.75) is 65.7 Å². The summed E-state index contributed by atoms with van der Waals surface area (Å²) in [6.07, 6.45) is 8.55. The van der Waals surface area contributed by atoms with Crippen LogP contribution in [0, 0.1) is 22.2 Å². The van der Waals surface area contributed by atoms with E-state index in [2.05, 4.69) is 20.8 Å². The van der Waals surface area contributed by atoms with Crippen molar-refractivity contribution in [3.8, 4) is 0 Å². The van der Waals surface area contributed by atoms with Gasteiger partial charge in [0.1, 0.15) is 5.78 Å². The van der Waals surface area contributed by atoms with Crippen molar-refractivity contribution in [1.29, 1.82) is 0 Å². The van der Waals surface area contributed by atoms with Gasteiger partial charge in [-0.2, -0.15) is 0 Å². The van der Waals surface area contributed by atoms with Crippen LogP contribution < -0.4 is 0 Å². The summed E-state index contributed by atoms with van der Waals surface area (Å²) in [5, 5.41) is 0. The molecule has 0 spiro atoms. The second kappa shape index (κ2) is 2.91. The van der Waals surface area contributed by atoms with Gasteiger partial charge in [-0.15, -0.1) is 0 Å². The third-order valence-electron chi connectivity index (χ3n) is 6.57. The molecule has 3 atom stereocenters. The van der Waals surface area contributed by atoms with Gasteiger partial charge in [-0.05, 0) is 47.8 Å². The Bertz CT molecular complexity index is 343. The van der Waals surface area contributed by atoms with Crippen LogP contribution in [0.2, 0.25) is 0 Å². The molecule has 3 fully saturated rings. The van der Waals surface area contributed by atoms with E-state index in [1.807, 2.05) is 0 Å². The number of carbonyl (C=O) groups is 1. The lowest BCUT2D eigenvalue weighted by Crippen LogP contribution is -2.52. The molecule has 0 aromatic rings. The van der Waals surface area contributed by atoms with Gasteiger partial charge in [-0.3, -0.25) is 4.79 Å². The number of hydrogen-bond donors (Lipinski definition) is 0. The van der Waals surface area contributed by atoms with Crippen molar-refractivity contribution >= 4 is 5.78 Å². The first-order chi connectivity index (χ1) is 7.44. The molecule has 3 rings (SSSR count). The first-order valence-corrected chi connectivity index (χ1v) is 6.95. The van der Waals surface area contributed by atoms with Crippen LogP contribution in [-0.2, 0) is 4.79 Å². The normalized spacial score (nSPS) is 50.2. The van der Waals surface area contributed by atoms with Gasteiger partial charge in [0.25, 0.3) is 0 Å². The van der Waals surface area contributed by atoms with Crippen molar-refractivity contribution in [1.82, 2.24) is 0 Å². The predicted octanol–water partition coefficient (Wildman–Crippen LogP) is 3.96. The van der Waals surface area contributed by atoms with E-state index in [0.717, 1.165) is 18.8 Å². The number of carbonyl (C=O) groups excluding carboxylic acids is 1. The summed E-state index contributed by atoms with van der Waals surface area (Å²) in [5.74, 6) is 1.31. The van der Waals surface area contributed by atoms with E-state index in [1.54, 1.807) is 0 Å². The van der Waals surface area contributed by atoms with Gasteiger partial charge in [0.05, 0.1) is 0 Å². The average Bonchev–Trinajstić information content (AvgIpc) is 2.64. The summed E-state index contributed by atoms with van der Waals surface area (Å²) in [4.78, 5) is 12.1. The fourth-order valence-electron chi connectivity index (χ4n) is 5.88. The van der Waals surface area contributed by atoms with Crippen LogP contribution in [0.25, 0.3) is 0 Å². The molecule has 0 aliphatic heterocycles. The van der Waals surface area contributed by atoms with Crippen molar-refractivity contribution in [2.24, 2.45) is 22.2 Å². The molecule has 0 heterocycles. The van der Waals surface area contributed by atoms with Gasteiger partial charge in [-0.1, -0.05) is 27.2 Å². The largest absolute Gasteiger partial charge is 0.300 e. The van der Waals surface area contributed by atoms with E-state index in [9.17, 15) is 4.79 Å². The minimum atomic E-state index is 0.254. The maximum Gasteiger partial charge on any atom is 0.134 e. The van der Waals surface area contributed by atoms with Crippen LogP contribution in [0.4, 0.5) is 0 Å². The second-order valence-corrected chi connectivity index (χ2v) is 7.31. The summed E-state index contributed by atoms with van der Waals surface area (Å²) in [7, 11) is 0. The highest BCUT2D eigenvalue weighted by Gasteiger charge is 2.68. The van der Waals surface area contributed by atoms with Crippen LogP contribution in [0.5, 0.6) is 0 Å². The van der Waals surface area contributed by atoms with Gasteiger partial charge in [0.2, 0.25) is 0 Å². The summed E-state index contributed by atoms with van der Waals surface area (Å²) >= 11 is 0. The minimum Gasteiger partial charge on any atom is -0.300 e. The van der Waals surface area contributed by atoms with Gasteiger partial charge < -0.3 is 0 Å². The first-order valence-electron chi connectivity index (χ1n) is 6.95. The van der Waals surface area contributed by atoms with Crippen LogP contribution in [-0.4, -0.2) is 5.78 Å². The van der Waals surface area contributed by atoms with Crippen LogP contribution in [0.1, 0.15) is 65.7 Å². The summed E-state index contributed by atoms with van der Waals surface area (Å²) in [6, 6.07) is 0. The zero-order chi connectivity index (χ0) is 11.6. The first kappa shape index (κ1) is 10.8. The maximum absolute atomic E-state index is 12.1. The Hall–Kier alpha value is -0.330. The molecular formula is C15H24O. The summed E-state index contributed by atoms with van der Waals surface area (Å²) in [6.45, 7) is 7.13. The standard InChI is InChI=1S/C15H24O/c1-11-5-8-15-7-4-6-14(11,15)10-12(16)9-13(15,2)3/h11H,4-10H2,1-3H3/t11-,14-,15+/m1/s1. The van der Waals surface area contributed by atoms with Gasteiger partial charge in [0, 0.05) is 12.8 Å². The number of ketones is 1. The molecule has 0 aromatic heterocycles. The Balaban J connectivity index is 2.15. The molecular weight excluding hydrogens is 196 g/mol. The van der Waals surface area contributed by atoms with E-state index in [1.165, 1.54) is 32.1 Å². The van der Waals surface area contributed by atoms with Gasteiger partial charge in [-0.25, -0.2) is 0 Å². The molecule has 0 aromatic carbocycles. The van der Waals surface area contributed by atoms with E-state index in [4.69, 9.17) is 0 Å². The topological polar surface area (TPSA) is 17.1 Å². The van der Waals surface area contributed by atoms with E-state index >= 15 is 0 Å². The number of Topliss-reactive ketones (excluding diaryl/α,β-unsaturated/α-hetero) is 1. The zero-order valence-corrected chi connectivity index (χ0v) is 10.9. The molecule has 16 heavy (non-hydrogen) atoms. The lowest BCUT2D eigenvalue weighted by atomic mass is 9.47. The summed E-state index contributed by atoms with van der Waals surface area (Å²) in [5.41, 5.74) is 1.16. The molecule has 0 bridgehead atoms. The highest BCUT2D eigenvalue weighted by molar-refractivity contribution is 5.81. The Morgan fingerprint density at radius 2 is 1.88 bits per heavy atom. The lowest BCUT2D eigenvalue weighted by Gasteiger charge is -2.56. The molecule has 3 aliphatic carbocycles. The van der Waals surface area contributed by atoms with Crippen molar-refractivity contribution < 1.29 is 4.79 Å². The predicted molar refractivity (Wildman–Crippen MR) is 65.1 cm³/mol. The second-order valence-electron chi connectivity index (χ2n) is 7.31.